The predicted molar refractivity (Wildman–Crippen MR) is 100 cm³/mol. The van der Waals surface area contributed by atoms with E-state index in [1.165, 1.54) is 12.1 Å². The van der Waals surface area contributed by atoms with Crippen molar-refractivity contribution >= 4 is 0 Å². The number of benzene rings is 1. The van der Waals surface area contributed by atoms with Crippen LogP contribution in [0.4, 0.5) is 4.39 Å². The van der Waals surface area contributed by atoms with Gasteiger partial charge in [-0.1, -0.05) is 0 Å². The van der Waals surface area contributed by atoms with E-state index in [9.17, 15) is 9.50 Å². The molecule has 0 aliphatic carbocycles. The number of pyridine rings is 1. The summed E-state index contributed by atoms with van der Waals surface area (Å²) in [6, 6.07) is 12.3. The van der Waals surface area contributed by atoms with Crippen molar-refractivity contribution in [2.24, 2.45) is 0 Å². The van der Waals surface area contributed by atoms with Crippen molar-refractivity contribution in [3.05, 3.63) is 66.4 Å². The lowest BCUT2D eigenvalue weighted by molar-refractivity contribution is -0.0233. The average molecular weight is 351 g/mol. The van der Waals surface area contributed by atoms with Crippen molar-refractivity contribution < 1.29 is 9.50 Å². The van der Waals surface area contributed by atoms with Crippen LogP contribution in [-0.4, -0.2) is 40.1 Å². The van der Waals surface area contributed by atoms with Gasteiger partial charge in [-0.15, -0.1) is 0 Å². The topological polar surface area (TPSA) is 52.1 Å². The van der Waals surface area contributed by atoms with Gasteiger partial charge in [0, 0.05) is 36.7 Å². The zero-order chi connectivity index (χ0) is 18.1. The van der Waals surface area contributed by atoms with Crippen LogP contribution in [0.1, 0.15) is 18.5 Å². The Kier molecular flexibility index (Phi) is 4.34. The molecule has 1 aliphatic rings. The maximum Gasteiger partial charge on any atom is 0.123 e. The minimum absolute atomic E-state index is 0.264. The van der Waals surface area contributed by atoms with Crippen LogP contribution >= 0.6 is 0 Å². The van der Waals surface area contributed by atoms with Crippen LogP contribution in [0.5, 0.6) is 0 Å². The van der Waals surface area contributed by atoms with E-state index in [1.807, 2.05) is 18.2 Å². The van der Waals surface area contributed by atoms with Crippen molar-refractivity contribution in [2.75, 3.05) is 20.1 Å². The Morgan fingerprint density at radius 2 is 1.69 bits per heavy atom. The molecule has 1 aromatic carbocycles. The lowest BCUT2D eigenvalue weighted by Crippen LogP contribution is -2.40. The van der Waals surface area contributed by atoms with Gasteiger partial charge in [0.25, 0.3) is 0 Å². The molecule has 0 unspecified atom stereocenters. The molecular formula is C21H22FN3O. The number of aliphatic hydroxyl groups is 1. The van der Waals surface area contributed by atoms with Gasteiger partial charge in [0.15, 0.2) is 0 Å². The molecule has 0 bridgehead atoms. The lowest BCUT2D eigenvalue weighted by Gasteiger charge is -2.36. The van der Waals surface area contributed by atoms with Crippen molar-refractivity contribution in [2.45, 2.75) is 18.4 Å². The zero-order valence-corrected chi connectivity index (χ0v) is 14.7. The SMILES string of the molecule is CN1CCC(O)(c2cc(-c3ccncc3)c(-c3ccc(F)cc3)[nH]2)CC1. The highest BCUT2D eigenvalue weighted by molar-refractivity contribution is 5.82. The molecule has 0 spiro atoms. The average Bonchev–Trinajstić information content (AvgIpc) is 3.12. The maximum atomic E-state index is 13.4. The number of halogens is 1. The number of piperidine rings is 1. The molecule has 0 radical (unpaired) electrons. The quantitative estimate of drug-likeness (QED) is 0.755. The van der Waals surface area contributed by atoms with Gasteiger partial charge >= 0.3 is 0 Å². The lowest BCUT2D eigenvalue weighted by atomic mass is 9.88. The molecule has 0 amide bonds. The number of rotatable bonds is 3. The second-order valence-electron chi connectivity index (χ2n) is 7.05. The first-order valence-corrected chi connectivity index (χ1v) is 8.86. The first-order chi connectivity index (χ1) is 12.5. The van der Waals surface area contributed by atoms with Crippen LogP contribution < -0.4 is 0 Å². The summed E-state index contributed by atoms with van der Waals surface area (Å²) in [5.41, 5.74) is 3.73. The molecule has 0 saturated carbocycles. The Bertz CT molecular complexity index is 881. The Morgan fingerprint density at radius 1 is 1.04 bits per heavy atom. The highest BCUT2D eigenvalue weighted by Gasteiger charge is 2.35. The number of nitrogens with one attached hydrogen (secondary N) is 1. The molecule has 2 aromatic heterocycles. The van der Waals surface area contributed by atoms with Gasteiger partial charge in [-0.05, 0) is 73.5 Å². The molecule has 0 atom stereocenters. The van der Waals surface area contributed by atoms with E-state index < -0.39 is 5.60 Å². The zero-order valence-electron chi connectivity index (χ0n) is 14.7. The molecule has 5 heteroatoms. The summed E-state index contributed by atoms with van der Waals surface area (Å²) in [7, 11) is 2.07. The molecule has 2 N–H and O–H groups in total. The van der Waals surface area contributed by atoms with E-state index in [2.05, 4.69) is 21.9 Å². The fourth-order valence-electron chi connectivity index (χ4n) is 3.57. The van der Waals surface area contributed by atoms with Crippen LogP contribution in [0.2, 0.25) is 0 Å². The largest absolute Gasteiger partial charge is 0.384 e. The van der Waals surface area contributed by atoms with Crippen LogP contribution in [-0.2, 0) is 5.60 Å². The van der Waals surface area contributed by atoms with Crippen molar-refractivity contribution in [3.63, 3.8) is 0 Å². The van der Waals surface area contributed by atoms with Crippen LogP contribution in [0.3, 0.4) is 0 Å². The van der Waals surface area contributed by atoms with Crippen LogP contribution in [0, 0.1) is 5.82 Å². The van der Waals surface area contributed by atoms with Crippen molar-refractivity contribution in [3.8, 4) is 22.4 Å². The summed E-state index contributed by atoms with van der Waals surface area (Å²) in [5, 5.41) is 11.2. The van der Waals surface area contributed by atoms with Gasteiger partial charge in [-0.3, -0.25) is 4.98 Å². The second kappa shape index (κ2) is 6.67. The monoisotopic (exact) mass is 351 g/mol. The molecule has 4 rings (SSSR count). The normalized spacial score (nSPS) is 17.3. The number of hydrogen-bond acceptors (Lipinski definition) is 3. The smallest absolute Gasteiger partial charge is 0.123 e. The maximum absolute atomic E-state index is 13.4. The molecule has 26 heavy (non-hydrogen) atoms. The number of aromatic nitrogens is 2. The first kappa shape index (κ1) is 16.9. The standard InChI is InChI=1S/C21H22FN3O/c1-25-12-8-21(26,9-13-25)19-14-18(15-6-10-23-11-7-15)20(24-19)16-2-4-17(22)5-3-16/h2-7,10-11,14,24,26H,8-9,12-13H2,1H3. The Hall–Kier alpha value is -2.50. The van der Waals surface area contributed by atoms with Gasteiger partial charge in [0.2, 0.25) is 0 Å². The first-order valence-electron chi connectivity index (χ1n) is 8.86. The Labute approximate surface area is 152 Å². The van der Waals surface area contributed by atoms with Crippen LogP contribution in [0.15, 0.2) is 54.9 Å². The van der Waals surface area contributed by atoms with Crippen LogP contribution in [0.25, 0.3) is 22.4 Å². The highest BCUT2D eigenvalue weighted by Crippen LogP contribution is 2.39. The van der Waals surface area contributed by atoms with E-state index >= 15 is 0 Å². The minimum Gasteiger partial charge on any atom is -0.384 e. The molecule has 134 valence electrons. The highest BCUT2D eigenvalue weighted by atomic mass is 19.1. The van der Waals surface area contributed by atoms with E-state index in [-0.39, 0.29) is 5.82 Å². The fraction of sp³-hybridized carbons (Fsp3) is 0.286. The Balaban J connectivity index is 1.81. The summed E-state index contributed by atoms with van der Waals surface area (Å²) < 4.78 is 13.4. The van der Waals surface area contributed by atoms with Gasteiger partial charge in [0.05, 0.1) is 5.69 Å². The predicted octanol–water partition coefficient (Wildman–Crippen LogP) is 3.80. The number of H-pyrrole nitrogens is 1. The van der Waals surface area contributed by atoms with E-state index in [0.717, 1.165) is 41.2 Å². The number of aromatic amines is 1. The van der Waals surface area contributed by atoms with Gasteiger partial charge < -0.3 is 15.0 Å². The molecular weight excluding hydrogens is 329 g/mol. The summed E-state index contributed by atoms with van der Waals surface area (Å²) >= 11 is 0. The summed E-state index contributed by atoms with van der Waals surface area (Å²) in [6.07, 6.45) is 4.87. The number of hydrogen-bond donors (Lipinski definition) is 2. The third-order valence-electron chi connectivity index (χ3n) is 5.26. The minimum atomic E-state index is -0.868. The van der Waals surface area contributed by atoms with Crippen molar-refractivity contribution in [1.29, 1.82) is 0 Å². The van der Waals surface area contributed by atoms with Gasteiger partial charge in [0.1, 0.15) is 11.4 Å². The molecule has 1 saturated heterocycles. The summed E-state index contributed by atoms with van der Waals surface area (Å²) in [6.45, 7) is 1.71. The Morgan fingerprint density at radius 3 is 2.35 bits per heavy atom. The molecule has 3 aromatic rings. The molecule has 1 fully saturated rings. The van der Waals surface area contributed by atoms with Crippen molar-refractivity contribution in [1.82, 2.24) is 14.9 Å². The third kappa shape index (κ3) is 3.16. The van der Waals surface area contributed by atoms with Gasteiger partial charge in [-0.2, -0.15) is 0 Å². The number of nitrogens with zero attached hydrogens (tertiary/aromatic N) is 2. The van der Waals surface area contributed by atoms with Gasteiger partial charge in [-0.25, -0.2) is 4.39 Å². The molecule has 3 heterocycles. The number of likely N-dealkylation sites (tertiary alicyclic amines) is 1. The third-order valence-corrected chi connectivity index (χ3v) is 5.26. The van der Waals surface area contributed by atoms with E-state index in [1.54, 1.807) is 24.5 Å². The van der Waals surface area contributed by atoms with E-state index in [4.69, 9.17) is 0 Å². The molecule has 4 nitrogen and oxygen atoms in total. The second-order valence-corrected chi connectivity index (χ2v) is 7.05. The molecule has 1 aliphatic heterocycles. The fourth-order valence-corrected chi connectivity index (χ4v) is 3.57. The summed E-state index contributed by atoms with van der Waals surface area (Å²) in [4.78, 5) is 9.74. The summed E-state index contributed by atoms with van der Waals surface area (Å²) in [5.74, 6) is -0.264. The van der Waals surface area contributed by atoms with E-state index in [0.29, 0.717) is 12.8 Å².